The molecule has 0 aliphatic heterocycles. The van der Waals surface area contributed by atoms with Crippen molar-refractivity contribution >= 4 is 29.7 Å². The second-order valence-electron chi connectivity index (χ2n) is 1.69. The average Bonchev–Trinajstić information content (AvgIpc) is 2.34. The average molecular weight is 194 g/mol. The zero-order valence-electron chi connectivity index (χ0n) is 5.61. The van der Waals surface area contributed by atoms with Gasteiger partial charge >= 0.3 is 0 Å². The van der Waals surface area contributed by atoms with Gasteiger partial charge in [-0.1, -0.05) is 0 Å². The van der Waals surface area contributed by atoms with Crippen LogP contribution in [0, 0.1) is 0 Å². The fourth-order valence-corrected chi connectivity index (χ4v) is 1.17. The summed E-state index contributed by atoms with van der Waals surface area (Å²) in [6.45, 7) is 0.359. The number of rotatable bonds is 2. The summed E-state index contributed by atoms with van der Waals surface area (Å²) in [5, 5.41) is 0.730. The van der Waals surface area contributed by atoms with Crippen molar-refractivity contribution in [3.63, 3.8) is 0 Å². The van der Waals surface area contributed by atoms with Crippen LogP contribution in [0.5, 0.6) is 0 Å². The molecular formula is C5H8ClN3OS. The van der Waals surface area contributed by atoms with E-state index in [1.807, 2.05) is 0 Å². The van der Waals surface area contributed by atoms with E-state index < -0.39 is 5.91 Å². The molecule has 0 aliphatic rings. The molecule has 4 N–H and O–H groups in total. The molecule has 1 aromatic heterocycles. The van der Waals surface area contributed by atoms with E-state index >= 15 is 0 Å². The Bertz CT molecular complexity index is 250. The van der Waals surface area contributed by atoms with Gasteiger partial charge in [0.2, 0.25) is 0 Å². The Balaban J connectivity index is 0.000001000. The molecule has 0 bridgehead atoms. The molecule has 11 heavy (non-hydrogen) atoms. The fourth-order valence-electron chi connectivity index (χ4n) is 0.519. The lowest BCUT2D eigenvalue weighted by atomic mass is 10.5. The third kappa shape index (κ3) is 2.45. The molecule has 0 saturated carbocycles. The summed E-state index contributed by atoms with van der Waals surface area (Å²) in [6, 6.07) is 0. The lowest BCUT2D eigenvalue weighted by Gasteiger charge is -1.82. The summed E-state index contributed by atoms with van der Waals surface area (Å²) in [4.78, 5) is 14.8. The molecule has 0 saturated heterocycles. The lowest BCUT2D eigenvalue weighted by Crippen LogP contribution is -2.08. The minimum atomic E-state index is -0.447. The second kappa shape index (κ2) is 4.27. The first-order valence-corrected chi connectivity index (χ1v) is 3.50. The summed E-state index contributed by atoms with van der Waals surface area (Å²) < 4.78 is 0. The molecule has 1 amide bonds. The van der Waals surface area contributed by atoms with Gasteiger partial charge in [0.25, 0.3) is 5.91 Å². The van der Waals surface area contributed by atoms with Crippen LogP contribution < -0.4 is 11.5 Å². The first kappa shape index (κ1) is 10.3. The second-order valence-corrected chi connectivity index (χ2v) is 2.80. The summed E-state index contributed by atoms with van der Waals surface area (Å²) in [6.07, 6.45) is 1.44. The molecule has 1 rings (SSSR count). The molecule has 0 fully saturated rings. The number of thiazole rings is 1. The van der Waals surface area contributed by atoms with E-state index in [1.54, 1.807) is 0 Å². The van der Waals surface area contributed by atoms with Crippen LogP contribution in [0.15, 0.2) is 6.20 Å². The molecule has 62 valence electrons. The molecule has 4 nitrogen and oxygen atoms in total. The number of hydrogen-bond acceptors (Lipinski definition) is 4. The van der Waals surface area contributed by atoms with Gasteiger partial charge in [-0.05, 0) is 0 Å². The van der Waals surface area contributed by atoms with Crippen molar-refractivity contribution in [1.82, 2.24) is 4.98 Å². The smallest absolute Gasteiger partial charge is 0.260 e. The highest BCUT2D eigenvalue weighted by Gasteiger charge is 2.03. The maximum absolute atomic E-state index is 10.5. The highest BCUT2D eigenvalue weighted by molar-refractivity contribution is 7.13. The largest absolute Gasteiger partial charge is 0.365 e. The van der Waals surface area contributed by atoms with Crippen LogP contribution in [0.25, 0.3) is 0 Å². The van der Waals surface area contributed by atoms with Gasteiger partial charge in [-0.3, -0.25) is 4.79 Å². The summed E-state index contributed by atoms with van der Waals surface area (Å²) in [7, 11) is 0. The molecule has 0 unspecified atom stereocenters. The highest BCUT2D eigenvalue weighted by atomic mass is 35.5. The molecule has 0 atom stereocenters. The molecule has 0 aromatic carbocycles. The van der Waals surface area contributed by atoms with Gasteiger partial charge in [0.05, 0.1) is 6.20 Å². The third-order valence-electron chi connectivity index (χ3n) is 0.971. The van der Waals surface area contributed by atoms with Gasteiger partial charge in [-0.2, -0.15) is 0 Å². The van der Waals surface area contributed by atoms with Crippen molar-refractivity contribution in [2.75, 3.05) is 0 Å². The van der Waals surface area contributed by atoms with Gasteiger partial charge in [0.1, 0.15) is 9.88 Å². The Morgan fingerprint density at radius 2 is 2.36 bits per heavy atom. The topological polar surface area (TPSA) is 82.0 Å². The van der Waals surface area contributed by atoms with E-state index in [0.29, 0.717) is 11.4 Å². The SMILES string of the molecule is Cl.NCc1ncc(C(N)=O)s1. The van der Waals surface area contributed by atoms with E-state index in [9.17, 15) is 4.79 Å². The van der Waals surface area contributed by atoms with Crippen molar-refractivity contribution in [2.24, 2.45) is 11.5 Å². The number of nitrogens with zero attached hydrogens (tertiary/aromatic N) is 1. The number of carbonyl (C=O) groups is 1. The van der Waals surface area contributed by atoms with Gasteiger partial charge in [0, 0.05) is 6.54 Å². The first-order valence-electron chi connectivity index (χ1n) is 2.68. The standard InChI is InChI=1S/C5H7N3OS.ClH/c6-1-4-8-2-3(10-4)5(7)9;/h2H,1,6H2,(H2,7,9);1H. The Morgan fingerprint density at radius 1 is 1.73 bits per heavy atom. The van der Waals surface area contributed by atoms with E-state index in [1.165, 1.54) is 17.5 Å². The molecule has 0 spiro atoms. The Kier molecular flexibility index (Phi) is 4.02. The maximum atomic E-state index is 10.5. The van der Waals surface area contributed by atoms with Crippen LogP contribution in [0.2, 0.25) is 0 Å². The van der Waals surface area contributed by atoms with Crippen molar-refractivity contribution < 1.29 is 4.79 Å². The van der Waals surface area contributed by atoms with Crippen LogP contribution in [0.3, 0.4) is 0 Å². The zero-order valence-corrected chi connectivity index (χ0v) is 7.24. The number of nitrogens with two attached hydrogens (primary N) is 2. The number of aromatic nitrogens is 1. The van der Waals surface area contributed by atoms with Crippen molar-refractivity contribution in [2.45, 2.75) is 6.54 Å². The van der Waals surface area contributed by atoms with Crippen LogP contribution in [-0.2, 0) is 6.54 Å². The Morgan fingerprint density at radius 3 is 2.64 bits per heavy atom. The lowest BCUT2D eigenvalue weighted by molar-refractivity contribution is 0.100. The van der Waals surface area contributed by atoms with Gasteiger partial charge in [0.15, 0.2) is 0 Å². The molecule has 0 radical (unpaired) electrons. The molecule has 1 heterocycles. The Hall–Kier alpha value is -0.650. The molecular weight excluding hydrogens is 186 g/mol. The normalized spacial score (nSPS) is 8.82. The zero-order chi connectivity index (χ0) is 7.56. The first-order chi connectivity index (χ1) is 4.74. The predicted molar refractivity (Wildman–Crippen MR) is 45.8 cm³/mol. The number of primary amides is 1. The van der Waals surface area contributed by atoms with Crippen LogP contribution in [0.4, 0.5) is 0 Å². The van der Waals surface area contributed by atoms with Crippen LogP contribution in [-0.4, -0.2) is 10.9 Å². The summed E-state index contributed by atoms with van der Waals surface area (Å²) in [5.41, 5.74) is 10.2. The molecule has 1 aromatic rings. The van der Waals surface area contributed by atoms with E-state index in [-0.39, 0.29) is 12.4 Å². The quantitative estimate of drug-likeness (QED) is 0.700. The van der Waals surface area contributed by atoms with E-state index in [4.69, 9.17) is 11.5 Å². The monoisotopic (exact) mass is 193 g/mol. The van der Waals surface area contributed by atoms with Crippen molar-refractivity contribution in [3.05, 3.63) is 16.1 Å². The summed E-state index contributed by atoms with van der Waals surface area (Å²) in [5.74, 6) is -0.447. The fraction of sp³-hybridized carbons (Fsp3) is 0.200. The third-order valence-corrected chi connectivity index (χ3v) is 2.01. The van der Waals surface area contributed by atoms with E-state index in [2.05, 4.69) is 4.98 Å². The van der Waals surface area contributed by atoms with Crippen molar-refractivity contribution in [3.8, 4) is 0 Å². The van der Waals surface area contributed by atoms with Gasteiger partial charge in [-0.25, -0.2) is 4.98 Å². The van der Waals surface area contributed by atoms with Gasteiger partial charge < -0.3 is 11.5 Å². The minimum absolute atomic E-state index is 0. The minimum Gasteiger partial charge on any atom is -0.365 e. The van der Waals surface area contributed by atoms with Crippen LogP contribution >= 0.6 is 23.7 Å². The van der Waals surface area contributed by atoms with Gasteiger partial charge in [-0.15, -0.1) is 23.7 Å². The predicted octanol–water partition coefficient (Wildman–Crippen LogP) is 0.123. The summed E-state index contributed by atoms with van der Waals surface area (Å²) >= 11 is 1.23. The number of amides is 1. The number of halogens is 1. The number of carbonyl (C=O) groups excluding carboxylic acids is 1. The van der Waals surface area contributed by atoms with Crippen LogP contribution in [0.1, 0.15) is 14.7 Å². The van der Waals surface area contributed by atoms with E-state index in [0.717, 1.165) is 5.01 Å². The highest BCUT2D eigenvalue weighted by Crippen LogP contribution is 2.10. The maximum Gasteiger partial charge on any atom is 0.260 e. The molecule has 0 aliphatic carbocycles. The molecule has 6 heteroatoms. The number of hydrogen-bond donors (Lipinski definition) is 2. The Labute approximate surface area is 74.0 Å². The van der Waals surface area contributed by atoms with Crippen molar-refractivity contribution in [1.29, 1.82) is 0 Å².